The maximum atomic E-state index is 12.4. The van der Waals surface area contributed by atoms with E-state index in [4.69, 9.17) is 4.52 Å². The van der Waals surface area contributed by atoms with E-state index in [0.29, 0.717) is 34.6 Å². The number of anilines is 1. The lowest BCUT2D eigenvalue weighted by molar-refractivity contribution is 0.102. The van der Waals surface area contributed by atoms with Gasteiger partial charge in [-0.3, -0.25) is 9.59 Å². The van der Waals surface area contributed by atoms with Gasteiger partial charge in [0, 0.05) is 23.2 Å². The highest BCUT2D eigenvalue weighted by Crippen LogP contribution is 2.16. The van der Waals surface area contributed by atoms with Crippen LogP contribution < -0.4 is 5.32 Å². The molecule has 0 saturated heterocycles. The summed E-state index contributed by atoms with van der Waals surface area (Å²) < 4.78 is 5.11. The van der Waals surface area contributed by atoms with Gasteiger partial charge in [-0.25, -0.2) is 0 Å². The molecule has 0 saturated carbocycles. The van der Waals surface area contributed by atoms with Crippen LogP contribution in [0.15, 0.2) is 65.3 Å². The van der Waals surface area contributed by atoms with E-state index in [1.54, 1.807) is 36.4 Å². The van der Waals surface area contributed by atoms with Crippen LogP contribution in [-0.4, -0.2) is 16.8 Å². The Hall–Kier alpha value is -3.21. The van der Waals surface area contributed by atoms with Crippen LogP contribution in [0, 0.1) is 0 Å². The van der Waals surface area contributed by atoms with Crippen LogP contribution in [0.2, 0.25) is 0 Å². The quantitative estimate of drug-likeness (QED) is 0.689. The molecule has 0 aliphatic rings. The van der Waals surface area contributed by atoms with Crippen LogP contribution in [0.5, 0.6) is 0 Å². The normalized spacial score (nSPS) is 10.4. The number of nitrogens with zero attached hydrogens (tertiary/aromatic N) is 1. The minimum Gasteiger partial charge on any atom is -0.361 e. The summed E-state index contributed by atoms with van der Waals surface area (Å²) in [4.78, 5) is 24.7. The van der Waals surface area contributed by atoms with Crippen molar-refractivity contribution in [3.63, 3.8) is 0 Å². The first-order valence-electron chi connectivity index (χ1n) is 8.13. The first-order chi connectivity index (χ1) is 12.2. The van der Waals surface area contributed by atoms with Crippen LogP contribution in [-0.2, 0) is 6.42 Å². The van der Waals surface area contributed by atoms with E-state index < -0.39 is 0 Å². The molecule has 0 aliphatic heterocycles. The van der Waals surface area contributed by atoms with E-state index >= 15 is 0 Å². The molecule has 1 aromatic heterocycles. The molecule has 0 bridgehead atoms. The summed E-state index contributed by atoms with van der Waals surface area (Å²) in [5.41, 5.74) is 2.25. The number of amides is 1. The third-order valence-electron chi connectivity index (χ3n) is 3.81. The number of aromatic nitrogens is 1. The fourth-order valence-electron chi connectivity index (χ4n) is 2.52. The van der Waals surface area contributed by atoms with Crippen LogP contribution in [0.1, 0.15) is 45.4 Å². The molecular formula is C20H18N2O3. The van der Waals surface area contributed by atoms with Gasteiger partial charge in [-0.05, 0) is 30.7 Å². The lowest BCUT2D eigenvalue weighted by Gasteiger charge is -2.06. The van der Waals surface area contributed by atoms with Gasteiger partial charge in [0.05, 0.1) is 6.20 Å². The Morgan fingerprint density at radius 1 is 1.00 bits per heavy atom. The SMILES string of the molecule is CCCc1oncc1C(=O)Nc1ccc(C(=O)c2ccccc2)cc1. The summed E-state index contributed by atoms with van der Waals surface area (Å²) in [5, 5.41) is 6.49. The predicted molar refractivity (Wildman–Crippen MR) is 94.8 cm³/mol. The van der Waals surface area contributed by atoms with Gasteiger partial charge in [-0.2, -0.15) is 0 Å². The highest BCUT2D eigenvalue weighted by molar-refractivity contribution is 6.09. The minimum atomic E-state index is -0.271. The number of hydrogen-bond acceptors (Lipinski definition) is 4. The predicted octanol–water partition coefficient (Wildman–Crippen LogP) is 4.11. The van der Waals surface area contributed by atoms with Crippen molar-refractivity contribution in [3.8, 4) is 0 Å². The number of hydrogen-bond donors (Lipinski definition) is 1. The molecule has 0 spiro atoms. The molecule has 1 amide bonds. The minimum absolute atomic E-state index is 0.0530. The lowest BCUT2D eigenvalue weighted by Crippen LogP contribution is -2.13. The number of carbonyl (C=O) groups is 2. The lowest BCUT2D eigenvalue weighted by atomic mass is 10.0. The van der Waals surface area contributed by atoms with E-state index in [2.05, 4.69) is 10.5 Å². The first kappa shape index (κ1) is 16.6. The van der Waals surface area contributed by atoms with Crippen molar-refractivity contribution < 1.29 is 14.1 Å². The van der Waals surface area contributed by atoms with Crippen LogP contribution >= 0.6 is 0 Å². The van der Waals surface area contributed by atoms with Gasteiger partial charge in [0.15, 0.2) is 5.78 Å². The van der Waals surface area contributed by atoms with Gasteiger partial charge in [-0.1, -0.05) is 42.4 Å². The van der Waals surface area contributed by atoms with Crippen molar-refractivity contribution in [2.24, 2.45) is 0 Å². The molecule has 3 rings (SSSR count). The molecule has 126 valence electrons. The Morgan fingerprint density at radius 3 is 2.36 bits per heavy atom. The van der Waals surface area contributed by atoms with E-state index in [9.17, 15) is 9.59 Å². The monoisotopic (exact) mass is 334 g/mol. The van der Waals surface area contributed by atoms with Gasteiger partial charge >= 0.3 is 0 Å². The molecule has 0 radical (unpaired) electrons. The summed E-state index contributed by atoms with van der Waals surface area (Å²) >= 11 is 0. The van der Waals surface area contributed by atoms with E-state index in [0.717, 1.165) is 6.42 Å². The van der Waals surface area contributed by atoms with Gasteiger partial charge < -0.3 is 9.84 Å². The molecule has 5 nitrogen and oxygen atoms in total. The third kappa shape index (κ3) is 3.83. The topological polar surface area (TPSA) is 72.2 Å². The second kappa shape index (κ2) is 7.57. The standard InChI is InChI=1S/C20H18N2O3/c1-2-6-18-17(13-21-25-18)20(24)22-16-11-9-15(10-12-16)19(23)14-7-4-3-5-8-14/h3-5,7-13H,2,6H2,1H3,(H,22,24). The Labute approximate surface area is 145 Å². The molecule has 0 aliphatic carbocycles. The molecule has 1 N–H and O–H groups in total. The van der Waals surface area contributed by atoms with Crippen LogP contribution in [0.3, 0.4) is 0 Å². The summed E-state index contributed by atoms with van der Waals surface area (Å²) in [6, 6.07) is 15.9. The first-order valence-corrected chi connectivity index (χ1v) is 8.13. The van der Waals surface area contributed by atoms with Crippen molar-refractivity contribution in [2.75, 3.05) is 5.32 Å². The average Bonchev–Trinajstić information content (AvgIpc) is 3.11. The Morgan fingerprint density at radius 2 is 1.68 bits per heavy atom. The van der Waals surface area contributed by atoms with Gasteiger partial charge in [0.1, 0.15) is 11.3 Å². The second-order valence-electron chi connectivity index (χ2n) is 5.64. The number of ketones is 1. The van der Waals surface area contributed by atoms with E-state index in [1.807, 2.05) is 25.1 Å². The molecule has 2 aromatic carbocycles. The van der Waals surface area contributed by atoms with Gasteiger partial charge in [0.25, 0.3) is 5.91 Å². The highest BCUT2D eigenvalue weighted by Gasteiger charge is 2.16. The van der Waals surface area contributed by atoms with Crippen molar-refractivity contribution in [2.45, 2.75) is 19.8 Å². The van der Waals surface area contributed by atoms with E-state index in [-0.39, 0.29) is 11.7 Å². The number of aryl methyl sites for hydroxylation is 1. The fourth-order valence-corrected chi connectivity index (χ4v) is 2.52. The number of carbonyl (C=O) groups excluding carboxylic acids is 2. The molecule has 25 heavy (non-hydrogen) atoms. The number of benzene rings is 2. The zero-order valence-electron chi connectivity index (χ0n) is 13.9. The summed E-state index contributed by atoms with van der Waals surface area (Å²) in [6.45, 7) is 2.01. The van der Waals surface area contributed by atoms with Crippen molar-refractivity contribution >= 4 is 17.4 Å². The highest BCUT2D eigenvalue weighted by atomic mass is 16.5. The molecule has 5 heteroatoms. The second-order valence-corrected chi connectivity index (χ2v) is 5.64. The van der Waals surface area contributed by atoms with E-state index in [1.165, 1.54) is 6.20 Å². The molecule has 1 heterocycles. The smallest absolute Gasteiger partial charge is 0.260 e. The van der Waals surface area contributed by atoms with Crippen LogP contribution in [0.25, 0.3) is 0 Å². The van der Waals surface area contributed by atoms with Gasteiger partial charge in [0.2, 0.25) is 0 Å². The summed E-state index contributed by atoms with van der Waals surface area (Å²) in [5.74, 6) is 0.255. The maximum Gasteiger partial charge on any atom is 0.260 e. The molecular weight excluding hydrogens is 316 g/mol. The third-order valence-corrected chi connectivity index (χ3v) is 3.81. The number of rotatable bonds is 6. The van der Waals surface area contributed by atoms with Crippen molar-refractivity contribution in [3.05, 3.63) is 83.2 Å². The summed E-state index contributed by atoms with van der Waals surface area (Å²) in [6.07, 6.45) is 2.95. The van der Waals surface area contributed by atoms with Gasteiger partial charge in [-0.15, -0.1) is 0 Å². The Balaban J connectivity index is 1.71. The fraction of sp³-hybridized carbons (Fsp3) is 0.150. The molecule has 0 unspecified atom stereocenters. The number of nitrogens with one attached hydrogen (secondary N) is 1. The zero-order valence-corrected chi connectivity index (χ0v) is 13.9. The molecule has 0 fully saturated rings. The van der Waals surface area contributed by atoms with Crippen molar-refractivity contribution in [1.82, 2.24) is 5.16 Å². The molecule has 0 atom stereocenters. The van der Waals surface area contributed by atoms with Crippen molar-refractivity contribution in [1.29, 1.82) is 0 Å². The largest absolute Gasteiger partial charge is 0.361 e. The average molecular weight is 334 g/mol. The summed E-state index contributed by atoms with van der Waals surface area (Å²) in [7, 11) is 0. The zero-order chi connectivity index (χ0) is 17.6. The van der Waals surface area contributed by atoms with Crippen LogP contribution in [0.4, 0.5) is 5.69 Å². The Bertz CT molecular complexity index is 867. The maximum absolute atomic E-state index is 12.4. The molecule has 3 aromatic rings. The Kier molecular flexibility index (Phi) is 5.04.